The molecule has 92 valence electrons. The Morgan fingerprint density at radius 2 is 1.89 bits per heavy atom. The topological polar surface area (TPSA) is 12.0 Å². The van der Waals surface area contributed by atoms with Crippen LogP contribution in [0, 0.1) is 12.3 Å². The highest BCUT2D eigenvalue weighted by Crippen LogP contribution is 2.24. The Bertz CT molecular complexity index is 560. The third kappa shape index (κ3) is 2.55. The van der Waals surface area contributed by atoms with Gasteiger partial charge in [0.05, 0.1) is 6.04 Å². The number of nitrogens with one attached hydrogen (secondary N) is 1. The summed E-state index contributed by atoms with van der Waals surface area (Å²) in [6.07, 6.45) is 6.46. The van der Waals surface area contributed by atoms with Crippen molar-refractivity contribution < 1.29 is 0 Å². The molecular formula is C17H19N. The molecule has 0 saturated carbocycles. The minimum atomic E-state index is 0.138. The predicted molar refractivity (Wildman–Crippen MR) is 78.4 cm³/mol. The lowest BCUT2D eigenvalue weighted by Crippen LogP contribution is -2.29. The summed E-state index contributed by atoms with van der Waals surface area (Å²) < 4.78 is 0. The van der Waals surface area contributed by atoms with Gasteiger partial charge in [-0.2, -0.15) is 0 Å². The molecule has 1 heteroatoms. The molecule has 18 heavy (non-hydrogen) atoms. The highest BCUT2D eigenvalue weighted by atomic mass is 14.9. The summed E-state index contributed by atoms with van der Waals surface area (Å²) in [5.74, 6) is 2.79. The van der Waals surface area contributed by atoms with Gasteiger partial charge >= 0.3 is 0 Å². The van der Waals surface area contributed by atoms with Crippen molar-refractivity contribution in [1.82, 2.24) is 5.32 Å². The van der Waals surface area contributed by atoms with Crippen LogP contribution in [0.4, 0.5) is 0 Å². The standard InChI is InChI=1S/C17H19N/c1-4-15(5-2)18-13(3)16-12-8-10-14-9-6-7-11-17(14)16/h1,6-13,15,18H,5H2,2-3H3. The first-order chi connectivity index (χ1) is 8.76. The van der Waals surface area contributed by atoms with Crippen LogP contribution in [0.15, 0.2) is 42.5 Å². The Morgan fingerprint density at radius 3 is 2.61 bits per heavy atom. The van der Waals surface area contributed by atoms with E-state index in [1.54, 1.807) is 0 Å². The molecule has 0 radical (unpaired) electrons. The van der Waals surface area contributed by atoms with Crippen molar-refractivity contribution in [3.05, 3.63) is 48.0 Å². The van der Waals surface area contributed by atoms with Crippen LogP contribution in [0.1, 0.15) is 31.9 Å². The molecule has 2 unspecified atom stereocenters. The second-order valence-corrected chi connectivity index (χ2v) is 4.58. The molecule has 2 aromatic carbocycles. The Hall–Kier alpha value is -1.78. The normalized spacial score (nSPS) is 14.1. The maximum Gasteiger partial charge on any atom is 0.0688 e. The lowest BCUT2D eigenvalue weighted by molar-refractivity contribution is 0.514. The summed E-state index contributed by atoms with van der Waals surface area (Å²) >= 11 is 0. The number of fused-ring (bicyclic) bond motifs is 1. The fourth-order valence-corrected chi connectivity index (χ4v) is 2.30. The van der Waals surface area contributed by atoms with Gasteiger partial charge in [0.1, 0.15) is 0 Å². The van der Waals surface area contributed by atoms with Crippen LogP contribution < -0.4 is 5.32 Å². The van der Waals surface area contributed by atoms with Crippen molar-refractivity contribution in [2.24, 2.45) is 0 Å². The zero-order valence-electron chi connectivity index (χ0n) is 11.0. The molecule has 1 N–H and O–H groups in total. The Morgan fingerprint density at radius 1 is 1.17 bits per heavy atom. The molecule has 0 aliphatic carbocycles. The van der Waals surface area contributed by atoms with Crippen LogP contribution in [0.25, 0.3) is 10.8 Å². The first-order valence-electron chi connectivity index (χ1n) is 6.46. The minimum Gasteiger partial charge on any atom is -0.297 e. The van der Waals surface area contributed by atoms with E-state index in [9.17, 15) is 0 Å². The monoisotopic (exact) mass is 237 g/mol. The molecule has 0 aromatic heterocycles. The molecule has 2 rings (SSSR count). The van der Waals surface area contributed by atoms with Gasteiger partial charge in [-0.3, -0.25) is 5.32 Å². The van der Waals surface area contributed by atoms with Crippen LogP contribution in [0.2, 0.25) is 0 Å². The molecule has 0 bridgehead atoms. The van der Waals surface area contributed by atoms with Crippen LogP contribution in [0.3, 0.4) is 0 Å². The third-order valence-electron chi connectivity index (χ3n) is 3.35. The number of terminal acetylenes is 1. The summed E-state index contributed by atoms with van der Waals surface area (Å²) in [6.45, 7) is 4.27. The number of hydrogen-bond donors (Lipinski definition) is 1. The smallest absolute Gasteiger partial charge is 0.0688 e. The molecule has 2 atom stereocenters. The second-order valence-electron chi connectivity index (χ2n) is 4.58. The Balaban J connectivity index is 2.33. The zero-order chi connectivity index (χ0) is 13.0. The van der Waals surface area contributed by atoms with Gasteiger partial charge in [0.25, 0.3) is 0 Å². The van der Waals surface area contributed by atoms with Gasteiger partial charge in [0, 0.05) is 6.04 Å². The highest BCUT2D eigenvalue weighted by molar-refractivity contribution is 5.86. The van der Waals surface area contributed by atoms with E-state index in [4.69, 9.17) is 6.42 Å². The summed E-state index contributed by atoms with van der Waals surface area (Å²) in [5.41, 5.74) is 1.31. The molecule has 0 amide bonds. The maximum absolute atomic E-state index is 5.51. The van der Waals surface area contributed by atoms with Crippen LogP contribution in [0.5, 0.6) is 0 Å². The minimum absolute atomic E-state index is 0.138. The molecule has 0 aliphatic rings. The number of benzene rings is 2. The van der Waals surface area contributed by atoms with E-state index in [2.05, 4.69) is 67.5 Å². The number of rotatable bonds is 4. The maximum atomic E-state index is 5.51. The first kappa shape index (κ1) is 12.7. The average Bonchev–Trinajstić information content (AvgIpc) is 2.43. The molecule has 0 fully saturated rings. The summed E-state index contributed by atoms with van der Waals surface area (Å²) in [4.78, 5) is 0. The summed E-state index contributed by atoms with van der Waals surface area (Å²) in [7, 11) is 0. The van der Waals surface area contributed by atoms with E-state index in [-0.39, 0.29) is 12.1 Å². The quantitative estimate of drug-likeness (QED) is 0.795. The van der Waals surface area contributed by atoms with E-state index in [1.807, 2.05) is 0 Å². The second kappa shape index (κ2) is 5.71. The van der Waals surface area contributed by atoms with Gasteiger partial charge in [0.15, 0.2) is 0 Å². The van der Waals surface area contributed by atoms with Gasteiger partial charge < -0.3 is 0 Å². The van der Waals surface area contributed by atoms with Crippen molar-refractivity contribution in [2.45, 2.75) is 32.4 Å². The van der Waals surface area contributed by atoms with E-state index in [0.717, 1.165) is 6.42 Å². The molecule has 0 spiro atoms. The molecule has 1 nitrogen and oxygen atoms in total. The molecular weight excluding hydrogens is 218 g/mol. The fraction of sp³-hybridized carbons (Fsp3) is 0.294. The zero-order valence-corrected chi connectivity index (χ0v) is 11.0. The predicted octanol–water partition coefficient (Wildman–Crippen LogP) is 3.90. The van der Waals surface area contributed by atoms with E-state index in [0.29, 0.717) is 0 Å². The fourth-order valence-electron chi connectivity index (χ4n) is 2.30. The van der Waals surface area contributed by atoms with Gasteiger partial charge in [-0.15, -0.1) is 6.42 Å². The Labute approximate surface area is 109 Å². The lowest BCUT2D eigenvalue weighted by atomic mass is 9.99. The highest BCUT2D eigenvalue weighted by Gasteiger charge is 2.11. The molecule has 0 aliphatic heterocycles. The largest absolute Gasteiger partial charge is 0.297 e. The first-order valence-corrected chi connectivity index (χ1v) is 6.46. The van der Waals surface area contributed by atoms with Gasteiger partial charge in [-0.05, 0) is 29.7 Å². The van der Waals surface area contributed by atoms with Gasteiger partial charge in [-0.1, -0.05) is 55.3 Å². The third-order valence-corrected chi connectivity index (χ3v) is 3.35. The van der Waals surface area contributed by atoms with E-state index in [1.165, 1.54) is 16.3 Å². The number of hydrogen-bond acceptors (Lipinski definition) is 1. The van der Waals surface area contributed by atoms with Crippen molar-refractivity contribution in [1.29, 1.82) is 0 Å². The SMILES string of the molecule is C#CC(CC)NC(C)c1cccc2ccccc12. The average molecular weight is 237 g/mol. The van der Waals surface area contributed by atoms with Crippen LogP contribution >= 0.6 is 0 Å². The Kier molecular flexibility index (Phi) is 4.02. The van der Waals surface area contributed by atoms with Crippen molar-refractivity contribution in [3.63, 3.8) is 0 Å². The van der Waals surface area contributed by atoms with E-state index >= 15 is 0 Å². The summed E-state index contributed by atoms with van der Waals surface area (Å²) in [6, 6.07) is 15.3. The van der Waals surface area contributed by atoms with Crippen molar-refractivity contribution in [2.75, 3.05) is 0 Å². The van der Waals surface area contributed by atoms with Crippen LogP contribution in [-0.4, -0.2) is 6.04 Å². The van der Waals surface area contributed by atoms with Crippen molar-refractivity contribution in [3.8, 4) is 12.3 Å². The molecule has 2 aromatic rings. The molecule has 0 heterocycles. The lowest BCUT2D eigenvalue weighted by Gasteiger charge is -2.20. The molecule has 0 saturated heterocycles. The van der Waals surface area contributed by atoms with Crippen LogP contribution in [-0.2, 0) is 0 Å². The van der Waals surface area contributed by atoms with Crippen molar-refractivity contribution >= 4 is 10.8 Å². The van der Waals surface area contributed by atoms with Gasteiger partial charge in [-0.25, -0.2) is 0 Å². The van der Waals surface area contributed by atoms with Gasteiger partial charge in [0.2, 0.25) is 0 Å². The van der Waals surface area contributed by atoms with E-state index < -0.39 is 0 Å². The summed E-state index contributed by atoms with van der Waals surface area (Å²) in [5, 5.41) is 6.06.